The second kappa shape index (κ2) is 6.55. The summed E-state index contributed by atoms with van der Waals surface area (Å²) in [5.74, 6) is 1.13. The van der Waals surface area contributed by atoms with Crippen LogP contribution >= 0.6 is 0 Å². The van der Waals surface area contributed by atoms with Crippen LogP contribution in [0.15, 0.2) is 12.3 Å². The molecular weight excluding hydrogens is 248 g/mol. The van der Waals surface area contributed by atoms with Gasteiger partial charge in [-0.3, -0.25) is 4.90 Å². The lowest BCUT2D eigenvalue weighted by molar-refractivity contribution is 0.209. The van der Waals surface area contributed by atoms with Crippen LogP contribution in [-0.2, 0) is 0 Å². The van der Waals surface area contributed by atoms with E-state index in [4.69, 9.17) is 5.73 Å². The number of hydrogen-bond acceptors (Lipinski definition) is 4. The maximum absolute atomic E-state index is 6.08. The first kappa shape index (κ1) is 15.3. The van der Waals surface area contributed by atoms with Crippen molar-refractivity contribution in [1.29, 1.82) is 0 Å². The van der Waals surface area contributed by atoms with Gasteiger partial charge >= 0.3 is 0 Å². The smallest absolute Gasteiger partial charge is 0.131 e. The van der Waals surface area contributed by atoms with Crippen LogP contribution < -0.4 is 10.6 Å². The molecule has 112 valence electrons. The number of nitrogens with zero attached hydrogens (tertiary/aromatic N) is 3. The number of aromatic nitrogens is 1. The molecule has 0 radical (unpaired) electrons. The highest BCUT2D eigenvalue weighted by molar-refractivity contribution is 5.48. The van der Waals surface area contributed by atoms with Crippen molar-refractivity contribution in [1.82, 2.24) is 9.88 Å². The third kappa shape index (κ3) is 3.30. The van der Waals surface area contributed by atoms with Crippen molar-refractivity contribution < 1.29 is 0 Å². The van der Waals surface area contributed by atoms with Gasteiger partial charge in [-0.25, -0.2) is 4.98 Å². The van der Waals surface area contributed by atoms with Crippen molar-refractivity contribution in [2.75, 3.05) is 31.1 Å². The fourth-order valence-electron chi connectivity index (χ4n) is 2.81. The van der Waals surface area contributed by atoms with Crippen LogP contribution in [0.1, 0.15) is 44.4 Å². The Bertz CT molecular complexity index is 436. The summed E-state index contributed by atoms with van der Waals surface area (Å²) in [5.41, 5.74) is 8.47. The van der Waals surface area contributed by atoms with Crippen molar-refractivity contribution in [2.24, 2.45) is 5.73 Å². The lowest BCUT2D eigenvalue weighted by Gasteiger charge is -2.38. The number of rotatable bonds is 4. The Hall–Kier alpha value is -1.13. The van der Waals surface area contributed by atoms with E-state index >= 15 is 0 Å². The molecule has 1 aliphatic rings. The van der Waals surface area contributed by atoms with Gasteiger partial charge in [0.25, 0.3) is 0 Å². The van der Waals surface area contributed by atoms with E-state index in [1.807, 2.05) is 6.20 Å². The number of piperazine rings is 1. The minimum absolute atomic E-state index is 0.105. The summed E-state index contributed by atoms with van der Waals surface area (Å²) in [6.07, 6.45) is 2.90. The van der Waals surface area contributed by atoms with Crippen LogP contribution in [-0.4, -0.2) is 42.1 Å². The van der Waals surface area contributed by atoms with Gasteiger partial charge in [-0.1, -0.05) is 6.92 Å². The van der Waals surface area contributed by atoms with Crippen LogP contribution in [0.2, 0.25) is 0 Å². The van der Waals surface area contributed by atoms with E-state index in [1.54, 1.807) is 0 Å². The molecule has 2 heterocycles. The molecule has 1 aromatic heterocycles. The molecule has 1 aromatic rings. The Kier molecular flexibility index (Phi) is 5.00. The zero-order chi connectivity index (χ0) is 14.7. The molecule has 0 aromatic carbocycles. The average molecular weight is 276 g/mol. The monoisotopic (exact) mass is 276 g/mol. The first-order valence-electron chi connectivity index (χ1n) is 7.74. The second-order valence-corrected chi connectivity index (χ2v) is 6.04. The highest BCUT2D eigenvalue weighted by atomic mass is 15.3. The van der Waals surface area contributed by atoms with Gasteiger partial charge in [-0.2, -0.15) is 0 Å². The standard InChI is InChI=1S/C16H28N4/c1-5-15(17)14-10-13(4)16(18-11-14)20-8-6-19(7-9-20)12(2)3/h10-12,15H,5-9,17H2,1-4H3/t15-/m1/s1. The van der Waals surface area contributed by atoms with Crippen LogP contribution in [0.4, 0.5) is 5.82 Å². The summed E-state index contributed by atoms with van der Waals surface area (Å²) in [7, 11) is 0. The topological polar surface area (TPSA) is 45.4 Å². The minimum atomic E-state index is 0.105. The molecule has 1 fully saturated rings. The molecule has 0 bridgehead atoms. The van der Waals surface area contributed by atoms with Crippen molar-refractivity contribution >= 4 is 5.82 Å². The molecule has 0 saturated carbocycles. The van der Waals surface area contributed by atoms with E-state index in [2.05, 4.69) is 48.5 Å². The molecule has 2 rings (SSSR count). The van der Waals surface area contributed by atoms with Gasteiger partial charge in [0.2, 0.25) is 0 Å². The fraction of sp³-hybridized carbons (Fsp3) is 0.688. The molecule has 0 aliphatic carbocycles. The van der Waals surface area contributed by atoms with E-state index in [-0.39, 0.29) is 6.04 Å². The normalized spacial score (nSPS) is 18.6. The van der Waals surface area contributed by atoms with Crippen molar-refractivity contribution in [3.8, 4) is 0 Å². The van der Waals surface area contributed by atoms with Gasteiger partial charge in [0.05, 0.1) is 0 Å². The molecule has 20 heavy (non-hydrogen) atoms. The second-order valence-electron chi connectivity index (χ2n) is 6.04. The Morgan fingerprint density at radius 2 is 1.90 bits per heavy atom. The van der Waals surface area contributed by atoms with Crippen LogP contribution in [0, 0.1) is 6.92 Å². The maximum Gasteiger partial charge on any atom is 0.131 e. The van der Waals surface area contributed by atoms with Gasteiger partial charge in [-0.05, 0) is 44.4 Å². The predicted molar refractivity (Wildman–Crippen MR) is 85.1 cm³/mol. The van der Waals surface area contributed by atoms with Gasteiger partial charge in [0.15, 0.2) is 0 Å². The van der Waals surface area contributed by atoms with E-state index in [0.29, 0.717) is 6.04 Å². The van der Waals surface area contributed by atoms with E-state index in [9.17, 15) is 0 Å². The molecule has 1 saturated heterocycles. The van der Waals surface area contributed by atoms with Crippen LogP contribution in [0.3, 0.4) is 0 Å². The number of anilines is 1. The van der Waals surface area contributed by atoms with E-state index in [1.165, 1.54) is 5.56 Å². The third-order valence-electron chi connectivity index (χ3n) is 4.28. The summed E-state index contributed by atoms with van der Waals surface area (Å²) in [4.78, 5) is 9.59. The largest absolute Gasteiger partial charge is 0.354 e. The van der Waals surface area contributed by atoms with Crippen molar-refractivity contribution in [3.05, 3.63) is 23.4 Å². The van der Waals surface area contributed by atoms with Crippen molar-refractivity contribution in [2.45, 2.75) is 46.2 Å². The summed E-state index contributed by atoms with van der Waals surface area (Å²) in [6.45, 7) is 13.1. The quantitative estimate of drug-likeness (QED) is 0.917. The molecule has 2 N–H and O–H groups in total. The number of aryl methyl sites for hydroxylation is 1. The van der Waals surface area contributed by atoms with Crippen LogP contribution in [0.25, 0.3) is 0 Å². The summed E-state index contributed by atoms with van der Waals surface area (Å²) < 4.78 is 0. The van der Waals surface area contributed by atoms with Gasteiger partial charge in [0.1, 0.15) is 5.82 Å². The van der Waals surface area contributed by atoms with E-state index in [0.717, 1.165) is 44.0 Å². The number of hydrogen-bond donors (Lipinski definition) is 1. The average Bonchev–Trinajstić information content (AvgIpc) is 2.46. The van der Waals surface area contributed by atoms with Gasteiger partial charge in [0, 0.05) is 44.5 Å². The summed E-state index contributed by atoms with van der Waals surface area (Å²) in [6, 6.07) is 2.94. The fourth-order valence-corrected chi connectivity index (χ4v) is 2.81. The SMILES string of the molecule is CC[C@@H](N)c1cnc(N2CCN(C(C)C)CC2)c(C)c1. The lowest BCUT2D eigenvalue weighted by atomic mass is 10.1. The Balaban J connectivity index is 2.07. The molecule has 4 nitrogen and oxygen atoms in total. The predicted octanol–water partition coefficient (Wildman–Crippen LogP) is 2.33. The number of pyridine rings is 1. The number of nitrogens with two attached hydrogens (primary N) is 1. The highest BCUT2D eigenvalue weighted by Crippen LogP contribution is 2.23. The van der Waals surface area contributed by atoms with Gasteiger partial charge < -0.3 is 10.6 Å². The molecule has 4 heteroatoms. The van der Waals surface area contributed by atoms with Crippen LogP contribution in [0.5, 0.6) is 0 Å². The maximum atomic E-state index is 6.08. The zero-order valence-corrected chi connectivity index (χ0v) is 13.3. The van der Waals surface area contributed by atoms with Gasteiger partial charge in [-0.15, -0.1) is 0 Å². The zero-order valence-electron chi connectivity index (χ0n) is 13.3. The first-order chi connectivity index (χ1) is 9.52. The molecule has 0 spiro atoms. The lowest BCUT2D eigenvalue weighted by Crippen LogP contribution is -2.49. The van der Waals surface area contributed by atoms with E-state index < -0.39 is 0 Å². The molecular formula is C16H28N4. The minimum Gasteiger partial charge on any atom is -0.354 e. The molecule has 0 unspecified atom stereocenters. The van der Waals surface area contributed by atoms with Crippen molar-refractivity contribution in [3.63, 3.8) is 0 Å². The highest BCUT2D eigenvalue weighted by Gasteiger charge is 2.21. The molecule has 1 aliphatic heterocycles. The Morgan fingerprint density at radius 1 is 1.25 bits per heavy atom. The summed E-state index contributed by atoms with van der Waals surface area (Å²) >= 11 is 0. The Labute approximate surface area is 123 Å². The summed E-state index contributed by atoms with van der Waals surface area (Å²) in [5, 5.41) is 0. The Morgan fingerprint density at radius 3 is 2.40 bits per heavy atom. The molecule has 0 amide bonds. The third-order valence-corrected chi connectivity index (χ3v) is 4.28. The molecule has 1 atom stereocenters. The first-order valence-corrected chi connectivity index (χ1v) is 7.74.